The Morgan fingerprint density at radius 2 is 1.55 bits per heavy atom. The summed E-state index contributed by atoms with van der Waals surface area (Å²) in [6, 6.07) is 0. The number of esters is 2. The molecule has 22 heavy (non-hydrogen) atoms. The third kappa shape index (κ3) is 4.33. The minimum Gasteiger partial charge on any atom is -0.463 e. The lowest BCUT2D eigenvalue weighted by molar-refractivity contribution is -0.182. The predicted octanol–water partition coefficient (Wildman–Crippen LogP) is -0.587. The zero-order valence-electron chi connectivity index (χ0n) is 12.8. The molecule has 1 aliphatic rings. The lowest BCUT2D eigenvalue weighted by atomic mass is 10.1. The van der Waals surface area contributed by atoms with Gasteiger partial charge in [0.05, 0.1) is 26.7 Å². The van der Waals surface area contributed by atoms with Gasteiger partial charge in [-0.2, -0.15) is 0 Å². The van der Waals surface area contributed by atoms with E-state index in [9.17, 15) is 19.8 Å². The van der Waals surface area contributed by atoms with Crippen molar-refractivity contribution in [1.82, 2.24) is 0 Å². The molecule has 0 aliphatic carbocycles. The van der Waals surface area contributed by atoms with Gasteiger partial charge in [0, 0.05) is 20.5 Å². The van der Waals surface area contributed by atoms with Gasteiger partial charge in [0.25, 0.3) is 17.3 Å². The van der Waals surface area contributed by atoms with Crippen molar-refractivity contribution < 1.29 is 43.5 Å². The molecule has 0 aromatic heterocycles. The van der Waals surface area contributed by atoms with Crippen molar-refractivity contribution >= 4 is 11.9 Å². The maximum Gasteiger partial charge on any atom is 0.377 e. The Morgan fingerprint density at radius 3 is 1.91 bits per heavy atom. The first-order valence-electron chi connectivity index (χ1n) is 6.44. The number of hydrogen-bond acceptors (Lipinski definition) is 9. The van der Waals surface area contributed by atoms with Gasteiger partial charge in [-0.15, -0.1) is 0 Å². The highest BCUT2D eigenvalue weighted by Crippen LogP contribution is 2.36. The molecule has 0 aromatic carbocycles. The van der Waals surface area contributed by atoms with E-state index in [4.69, 9.17) is 9.47 Å². The van der Waals surface area contributed by atoms with Crippen LogP contribution in [0.3, 0.4) is 0 Å². The molecule has 1 heterocycles. The lowest BCUT2D eigenvalue weighted by Crippen LogP contribution is -2.34. The van der Waals surface area contributed by atoms with E-state index in [0.717, 1.165) is 14.2 Å². The quantitative estimate of drug-likeness (QED) is 0.468. The number of rotatable bonds is 7. The molecule has 0 unspecified atom stereocenters. The van der Waals surface area contributed by atoms with Gasteiger partial charge in [-0.3, -0.25) is 0 Å². The number of ether oxygens (including phenoxy) is 5. The van der Waals surface area contributed by atoms with Crippen LogP contribution in [0.4, 0.5) is 0 Å². The van der Waals surface area contributed by atoms with Crippen LogP contribution in [-0.4, -0.2) is 61.7 Å². The monoisotopic (exact) mass is 320 g/mol. The smallest absolute Gasteiger partial charge is 0.377 e. The third-order valence-corrected chi connectivity index (χ3v) is 2.94. The van der Waals surface area contributed by atoms with Gasteiger partial charge >= 0.3 is 11.9 Å². The van der Waals surface area contributed by atoms with Crippen LogP contribution in [0.25, 0.3) is 0 Å². The van der Waals surface area contributed by atoms with Gasteiger partial charge in [0.2, 0.25) is 0 Å². The van der Waals surface area contributed by atoms with E-state index < -0.39 is 41.6 Å². The molecule has 2 atom stereocenters. The molecule has 9 heteroatoms. The molecule has 0 saturated heterocycles. The molecule has 1 rings (SSSR count). The molecule has 0 aromatic rings. The lowest BCUT2D eigenvalue weighted by Gasteiger charge is -2.27. The predicted molar refractivity (Wildman–Crippen MR) is 69.9 cm³/mol. The molecule has 0 bridgehead atoms. The summed E-state index contributed by atoms with van der Waals surface area (Å²) in [5.41, 5.74) is 0. The Balaban J connectivity index is 2.84. The molecule has 0 radical (unpaired) electrons. The van der Waals surface area contributed by atoms with E-state index in [2.05, 4.69) is 14.2 Å². The van der Waals surface area contributed by atoms with Crippen LogP contribution in [0, 0.1) is 0 Å². The van der Waals surface area contributed by atoms with Crippen molar-refractivity contribution in [2.24, 2.45) is 0 Å². The number of carbonyl (C=O) groups excluding carboxylic acids is 2. The summed E-state index contributed by atoms with van der Waals surface area (Å²) >= 11 is 0. The molecule has 9 nitrogen and oxygen atoms in total. The fourth-order valence-corrected chi connectivity index (χ4v) is 1.92. The molecule has 2 N–H and O–H groups in total. The second-order valence-electron chi connectivity index (χ2n) is 4.76. The zero-order valence-corrected chi connectivity index (χ0v) is 12.8. The number of aliphatic hydroxyl groups excluding tert-OH is 2. The average molecular weight is 320 g/mol. The summed E-state index contributed by atoms with van der Waals surface area (Å²) in [5.74, 6) is -4.17. The van der Waals surface area contributed by atoms with Crippen LogP contribution in [0.15, 0.2) is 11.5 Å². The summed E-state index contributed by atoms with van der Waals surface area (Å²) in [6.45, 7) is 1.42. The second-order valence-corrected chi connectivity index (χ2v) is 4.76. The van der Waals surface area contributed by atoms with Crippen LogP contribution in [0.1, 0.15) is 19.8 Å². The molecule has 126 valence electrons. The third-order valence-electron chi connectivity index (χ3n) is 2.94. The highest BCUT2D eigenvalue weighted by Gasteiger charge is 2.46. The first-order chi connectivity index (χ1) is 10.3. The van der Waals surface area contributed by atoms with Gasteiger partial charge in [-0.25, -0.2) is 9.59 Å². The Hall–Kier alpha value is -1.84. The van der Waals surface area contributed by atoms with Gasteiger partial charge in [-0.05, 0) is 0 Å². The normalized spacial score (nSPS) is 19.0. The molecular weight excluding hydrogens is 300 g/mol. The van der Waals surface area contributed by atoms with Crippen LogP contribution < -0.4 is 0 Å². The highest BCUT2D eigenvalue weighted by atomic mass is 16.8. The first-order valence-corrected chi connectivity index (χ1v) is 6.44. The summed E-state index contributed by atoms with van der Waals surface area (Å²) in [6.07, 6.45) is -2.45. The summed E-state index contributed by atoms with van der Waals surface area (Å²) in [7, 11) is 3.52. The average Bonchev–Trinajstić information content (AvgIpc) is 2.82. The van der Waals surface area contributed by atoms with Crippen molar-refractivity contribution in [3.05, 3.63) is 11.5 Å². The van der Waals surface area contributed by atoms with Gasteiger partial charge in [0.15, 0.2) is 6.29 Å². The van der Waals surface area contributed by atoms with Crippen LogP contribution >= 0.6 is 0 Å². The van der Waals surface area contributed by atoms with Crippen molar-refractivity contribution in [2.75, 3.05) is 21.3 Å². The Bertz CT molecular complexity index is 428. The largest absolute Gasteiger partial charge is 0.463 e. The maximum absolute atomic E-state index is 11.6. The first kappa shape index (κ1) is 18.2. The van der Waals surface area contributed by atoms with Gasteiger partial charge in [-0.1, -0.05) is 0 Å². The van der Waals surface area contributed by atoms with Crippen molar-refractivity contribution in [1.29, 1.82) is 0 Å². The van der Waals surface area contributed by atoms with Crippen LogP contribution in [0.2, 0.25) is 0 Å². The van der Waals surface area contributed by atoms with Gasteiger partial charge < -0.3 is 33.9 Å². The molecule has 0 saturated carbocycles. The molecule has 0 spiro atoms. The van der Waals surface area contributed by atoms with E-state index in [-0.39, 0.29) is 12.8 Å². The zero-order chi connectivity index (χ0) is 16.9. The summed E-state index contributed by atoms with van der Waals surface area (Å²) in [5, 5.41) is 19.2. The molecule has 0 fully saturated rings. The Labute approximate surface area is 127 Å². The van der Waals surface area contributed by atoms with E-state index in [0.29, 0.717) is 0 Å². The summed E-state index contributed by atoms with van der Waals surface area (Å²) < 4.78 is 24.3. The number of methoxy groups -OCH3 is 3. The fraction of sp³-hybridized carbons (Fsp3) is 0.692. The highest BCUT2D eigenvalue weighted by molar-refractivity contribution is 5.98. The Kier molecular flexibility index (Phi) is 6.15. The van der Waals surface area contributed by atoms with Crippen molar-refractivity contribution in [2.45, 2.75) is 37.9 Å². The van der Waals surface area contributed by atoms with Crippen LogP contribution in [-0.2, 0) is 33.3 Å². The van der Waals surface area contributed by atoms with Crippen molar-refractivity contribution in [3.8, 4) is 0 Å². The van der Waals surface area contributed by atoms with E-state index >= 15 is 0 Å². The molecule has 0 amide bonds. The summed E-state index contributed by atoms with van der Waals surface area (Å²) in [4.78, 5) is 23.3. The number of carbonyl (C=O) groups is 2. The molecular formula is C13H20O9. The second kappa shape index (κ2) is 7.43. The topological polar surface area (TPSA) is 121 Å². The van der Waals surface area contributed by atoms with Gasteiger partial charge in [0.1, 0.15) is 0 Å². The van der Waals surface area contributed by atoms with Crippen LogP contribution in [0.5, 0.6) is 0 Å². The Morgan fingerprint density at radius 1 is 1.09 bits per heavy atom. The SMILES string of the molecule is COC(=O)C1=C(C(=O)OC)OC(C)(C[C@H](O)C[C@H](O)OC)O1. The fourth-order valence-electron chi connectivity index (χ4n) is 1.92. The van der Waals surface area contributed by atoms with E-state index in [1.807, 2.05) is 0 Å². The standard InChI is InChI=1S/C13H20O9/c1-13(6-7(14)5-8(15)18-2)21-9(11(16)19-3)10(22-13)12(17)20-4/h7-8,14-15H,5-6H2,1-4H3/t7-,8-/m1/s1. The minimum absolute atomic E-state index is 0.0973. The minimum atomic E-state index is -1.49. The number of aliphatic hydroxyl groups is 2. The molecule has 1 aliphatic heterocycles. The van der Waals surface area contributed by atoms with E-state index in [1.165, 1.54) is 14.0 Å². The van der Waals surface area contributed by atoms with Crippen molar-refractivity contribution in [3.63, 3.8) is 0 Å². The maximum atomic E-state index is 11.6. The van der Waals surface area contributed by atoms with E-state index in [1.54, 1.807) is 0 Å². The number of hydrogen-bond donors (Lipinski definition) is 2.